The number of hydrogen-bond acceptors (Lipinski definition) is 2. The molecular formula is C39H31BrN3+. The number of hydrazone groups is 1. The number of hydrogen-bond donors (Lipinski definition) is 0. The third kappa shape index (κ3) is 5.54. The summed E-state index contributed by atoms with van der Waals surface area (Å²) in [5.74, 6) is 0. The lowest BCUT2D eigenvalue weighted by atomic mass is 9.97. The van der Waals surface area contributed by atoms with Gasteiger partial charge in [-0.1, -0.05) is 107 Å². The number of aromatic nitrogens is 1. The van der Waals surface area contributed by atoms with E-state index in [1.807, 2.05) is 0 Å². The monoisotopic (exact) mass is 620 g/mol. The van der Waals surface area contributed by atoms with Crippen LogP contribution >= 0.6 is 15.9 Å². The topological polar surface area (TPSA) is 19.5 Å². The number of rotatable bonds is 6. The smallest absolute Gasteiger partial charge is 0.213 e. The fraction of sp³-hybridized carbons (Fsp3) is 0.0769. The molecule has 0 fully saturated rings. The van der Waals surface area contributed by atoms with E-state index in [1.54, 1.807) is 0 Å². The highest BCUT2D eigenvalue weighted by Crippen LogP contribution is 2.38. The zero-order chi connectivity index (χ0) is 29.2. The first-order valence-electron chi connectivity index (χ1n) is 14.6. The van der Waals surface area contributed by atoms with Gasteiger partial charge in [-0.25, -0.2) is 0 Å². The van der Waals surface area contributed by atoms with Gasteiger partial charge in [-0.05, 0) is 70.8 Å². The van der Waals surface area contributed by atoms with E-state index in [0.717, 1.165) is 27.9 Å². The molecule has 1 atom stereocenters. The maximum absolute atomic E-state index is 5.17. The van der Waals surface area contributed by atoms with Crippen molar-refractivity contribution < 1.29 is 4.57 Å². The van der Waals surface area contributed by atoms with E-state index in [0.29, 0.717) is 0 Å². The molecule has 0 saturated carbocycles. The molecule has 1 aliphatic rings. The quantitative estimate of drug-likeness (QED) is 0.170. The van der Waals surface area contributed by atoms with Crippen LogP contribution in [0, 0.1) is 0 Å². The fourth-order valence-corrected chi connectivity index (χ4v) is 6.17. The first kappa shape index (κ1) is 27.1. The third-order valence-electron chi connectivity index (χ3n) is 8.18. The normalized spacial score (nSPS) is 14.5. The predicted octanol–water partition coefficient (Wildman–Crippen LogP) is 9.63. The summed E-state index contributed by atoms with van der Waals surface area (Å²) in [5.41, 5.74) is 11.7. The van der Waals surface area contributed by atoms with E-state index in [-0.39, 0.29) is 6.04 Å². The molecule has 4 heteroatoms. The van der Waals surface area contributed by atoms with Gasteiger partial charge in [0.05, 0.1) is 17.4 Å². The van der Waals surface area contributed by atoms with Crippen LogP contribution in [0.15, 0.2) is 161 Å². The number of benzene rings is 5. The Balaban J connectivity index is 1.29. The van der Waals surface area contributed by atoms with E-state index < -0.39 is 0 Å². The molecule has 5 aromatic carbocycles. The van der Waals surface area contributed by atoms with Gasteiger partial charge in [0.2, 0.25) is 11.4 Å². The van der Waals surface area contributed by atoms with Crippen LogP contribution in [-0.4, -0.2) is 5.71 Å². The molecule has 1 unspecified atom stereocenters. The van der Waals surface area contributed by atoms with E-state index in [9.17, 15) is 0 Å². The summed E-state index contributed by atoms with van der Waals surface area (Å²) in [5, 5.41) is 7.36. The van der Waals surface area contributed by atoms with Gasteiger partial charge in [-0.2, -0.15) is 9.67 Å². The van der Waals surface area contributed by atoms with E-state index in [4.69, 9.17) is 5.10 Å². The Bertz CT molecular complexity index is 1820. The van der Waals surface area contributed by atoms with Crippen LogP contribution in [0.4, 0.5) is 5.69 Å². The summed E-state index contributed by atoms with van der Waals surface area (Å²) in [6.45, 7) is 0. The van der Waals surface area contributed by atoms with E-state index >= 15 is 0 Å². The van der Waals surface area contributed by atoms with Gasteiger partial charge in [0.25, 0.3) is 0 Å². The standard InChI is InChI=1S/C39H31BrN3/c1-42-37(30-11-5-2-6-12-30)25-33(26-38(42)31-13-7-3-8-14-31)28-19-23-35(24-20-28)43-39(32-15-9-4-10-16-32)27-36(41-43)29-17-21-34(40)22-18-29/h2-26,39H,27H2,1H3/q+1. The van der Waals surface area contributed by atoms with Crippen LogP contribution in [0.5, 0.6) is 0 Å². The summed E-state index contributed by atoms with van der Waals surface area (Å²) in [6.07, 6.45) is 0.851. The Morgan fingerprint density at radius 3 is 1.65 bits per heavy atom. The van der Waals surface area contributed by atoms with Gasteiger partial charge < -0.3 is 0 Å². The molecule has 0 saturated heterocycles. The van der Waals surface area contributed by atoms with Gasteiger partial charge in [0.15, 0.2) is 0 Å². The van der Waals surface area contributed by atoms with Crippen molar-refractivity contribution in [3.63, 3.8) is 0 Å². The minimum absolute atomic E-state index is 0.135. The second kappa shape index (κ2) is 11.8. The highest BCUT2D eigenvalue weighted by molar-refractivity contribution is 9.10. The summed E-state index contributed by atoms with van der Waals surface area (Å²) >= 11 is 3.56. The summed E-state index contributed by atoms with van der Waals surface area (Å²) < 4.78 is 3.36. The molecule has 0 bridgehead atoms. The Morgan fingerprint density at radius 2 is 1.09 bits per heavy atom. The number of anilines is 1. The molecule has 7 rings (SSSR count). The van der Waals surface area contributed by atoms with Crippen molar-refractivity contribution in [2.75, 3.05) is 5.01 Å². The summed E-state index contributed by atoms with van der Waals surface area (Å²) in [6, 6.07) is 54.0. The number of pyridine rings is 1. The van der Waals surface area contributed by atoms with Crippen molar-refractivity contribution in [2.24, 2.45) is 12.1 Å². The molecule has 1 aliphatic heterocycles. The number of nitrogens with zero attached hydrogens (tertiary/aromatic N) is 3. The maximum atomic E-state index is 5.17. The molecule has 2 heterocycles. The van der Waals surface area contributed by atoms with Crippen molar-refractivity contribution >= 4 is 27.3 Å². The fourth-order valence-electron chi connectivity index (χ4n) is 5.90. The summed E-state index contributed by atoms with van der Waals surface area (Å²) in [4.78, 5) is 0. The van der Waals surface area contributed by atoms with Crippen molar-refractivity contribution in [2.45, 2.75) is 12.5 Å². The van der Waals surface area contributed by atoms with Crippen molar-refractivity contribution in [1.29, 1.82) is 0 Å². The number of halogens is 1. The van der Waals surface area contributed by atoms with Gasteiger partial charge in [0.1, 0.15) is 7.05 Å². The minimum atomic E-state index is 0.135. The van der Waals surface area contributed by atoms with Crippen LogP contribution in [0.1, 0.15) is 23.6 Å². The average Bonchev–Trinajstić information content (AvgIpc) is 3.52. The minimum Gasteiger partial charge on any atom is -0.257 e. The molecule has 0 radical (unpaired) electrons. The molecule has 1 aromatic heterocycles. The van der Waals surface area contributed by atoms with Crippen LogP contribution in [-0.2, 0) is 7.05 Å². The summed E-state index contributed by atoms with van der Waals surface area (Å²) in [7, 11) is 2.15. The Kier molecular flexibility index (Phi) is 7.44. The Hall–Kier alpha value is -4.80. The molecule has 0 amide bonds. The highest BCUT2D eigenvalue weighted by Gasteiger charge is 2.30. The van der Waals surface area contributed by atoms with E-state index in [1.165, 1.54) is 39.2 Å². The van der Waals surface area contributed by atoms with Gasteiger partial charge in [-0.3, -0.25) is 5.01 Å². The lowest BCUT2D eigenvalue weighted by Crippen LogP contribution is -2.34. The third-order valence-corrected chi connectivity index (χ3v) is 8.71. The first-order valence-corrected chi connectivity index (χ1v) is 15.4. The second-order valence-electron chi connectivity index (χ2n) is 10.9. The zero-order valence-electron chi connectivity index (χ0n) is 23.9. The molecular weight excluding hydrogens is 590 g/mol. The van der Waals surface area contributed by atoms with Gasteiger partial charge in [0, 0.05) is 34.2 Å². The van der Waals surface area contributed by atoms with Crippen LogP contribution in [0.2, 0.25) is 0 Å². The molecule has 3 nitrogen and oxygen atoms in total. The van der Waals surface area contributed by atoms with Crippen molar-refractivity contribution in [1.82, 2.24) is 0 Å². The molecule has 0 spiro atoms. The van der Waals surface area contributed by atoms with Crippen molar-refractivity contribution in [3.05, 3.63) is 167 Å². The molecule has 43 heavy (non-hydrogen) atoms. The predicted molar refractivity (Wildman–Crippen MR) is 181 cm³/mol. The van der Waals surface area contributed by atoms with Gasteiger partial charge >= 0.3 is 0 Å². The molecule has 0 aliphatic carbocycles. The molecule has 6 aromatic rings. The zero-order valence-corrected chi connectivity index (χ0v) is 25.5. The highest BCUT2D eigenvalue weighted by atomic mass is 79.9. The van der Waals surface area contributed by atoms with Crippen LogP contribution < -0.4 is 9.58 Å². The molecule has 208 valence electrons. The Labute approximate surface area is 261 Å². The maximum Gasteiger partial charge on any atom is 0.213 e. The second-order valence-corrected chi connectivity index (χ2v) is 11.8. The lowest BCUT2D eigenvalue weighted by molar-refractivity contribution is -0.649. The largest absolute Gasteiger partial charge is 0.257 e. The van der Waals surface area contributed by atoms with Gasteiger partial charge in [-0.15, -0.1) is 0 Å². The van der Waals surface area contributed by atoms with Crippen LogP contribution in [0.3, 0.4) is 0 Å². The van der Waals surface area contributed by atoms with E-state index in [2.05, 4.69) is 184 Å². The van der Waals surface area contributed by atoms with Crippen molar-refractivity contribution in [3.8, 4) is 33.6 Å². The Morgan fingerprint density at radius 1 is 0.581 bits per heavy atom. The SMILES string of the molecule is C[n+]1c(-c2ccccc2)cc(-c2ccc(N3N=C(c4ccc(Br)cc4)CC3c3ccccc3)cc2)cc1-c1ccccc1. The average molecular weight is 622 g/mol. The lowest BCUT2D eigenvalue weighted by Gasteiger charge is -2.24. The molecule has 0 N–H and O–H groups in total. The first-order chi connectivity index (χ1) is 21.1. The van der Waals surface area contributed by atoms with Crippen LogP contribution in [0.25, 0.3) is 33.6 Å².